The number of aromatic nitrogens is 2. The summed E-state index contributed by atoms with van der Waals surface area (Å²) in [5.41, 5.74) is 1.87. The summed E-state index contributed by atoms with van der Waals surface area (Å²) >= 11 is 0. The second-order valence-corrected chi connectivity index (χ2v) is 3.65. The average Bonchev–Trinajstić information content (AvgIpc) is 2.84. The molecule has 0 bridgehead atoms. The predicted octanol–water partition coefficient (Wildman–Crippen LogP) is 3.04. The molecular weight excluding hydrogens is 207 g/mol. The third-order valence-electron chi connectivity index (χ3n) is 2.58. The number of fused-ring (bicyclic) bond motifs is 1. The molecule has 0 amide bonds. The molecule has 4 heteroatoms. The van der Waals surface area contributed by atoms with Crippen LogP contribution in [0.3, 0.4) is 0 Å². The number of benzene rings is 1. The van der Waals surface area contributed by atoms with Gasteiger partial charge in [0.05, 0.1) is 11.8 Å². The van der Waals surface area contributed by atoms with Crippen LogP contribution in [-0.4, -0.2) is 9.56 Å². The molecule has 0 atom stereocenters. The van der Waals surface area contributed by atoms with E-state index >= 15 is 0 Å². The zero-order chi connectivity index (χ0) is 11.1. The Morgan fingerprint density at radius 3 is 3.06 bits per heavy atom. The molecule has 0 N–H and O–H groups in total. The lowest BCUT2D eigenvalue weighted by Crippen LogP contribution is -1.92. The third kappa shape index (κ3) is 1.16. The monoisotopic (exact) mass is 216 g/mol. The molecule has 0 fully saturated rings. The van der Waals surface area contributed by atoms with Crippen LogP contribution < -0.4 is 0 Å². The summed E-state index contributed by atoms with van der Waals surface area (Å²) in [6, 6.07) is 7.01. The van der Waals surface area contributed by atoms with Crippen LogP contribution in [0, 0.1) is 12.7 Å². The lowest BCUT2D eigenvalue weighted by molar-refractivity contribution is 0.379. The van der Waals surface area contributed by atoms with Gasteiger partial charge < -0.3 is 4.52 Å². The normalized spacial score (nSPS) is 11.1. The molecule has 3 nitrogen and oxygen atoms in total. The maximum atomic E-state index is 13.9. The minimum absolute atomic E-state index is 0.258. The van der Waals surface area contributed by atoms with Gasteiger partial charge in [0.15, 0.2) is 5.82 Å². The van der Waals surface area contributed by atoms with Gasteiger partial charge in [0.1, 0.15) is 17.6 Å². The van der Waals surface area contributed by atoms with Crippen LogP contribution in [0.25, 0.3) is 16.9 Å². The quantitative estimate of drug-likeness (QED) is 0.625. The number of nitrogens with zero attached hydrogens (tertiary/aromatic N) is 2. The van der Waals surface area contributed by atoms with Gasteiger partial charge >= 0.3 is 0 Å². The van der Waals surface area contributed by atoms with Gasteiger partial charge in [-0.2, -0.15) is 4.57 Å². The maximum absolute atomic E-state index is 13.9. The standard InChI is InChI=1S/C12H9FN2O/c1-8-3-2-4-10(11(8)13)12-14-7-9-5-6-16-15(9)12/h2-7H,1H3. The largest absolute Gasteiger partial charge is 0.381 e. The van der Waals surface area contributed by atoms with Crippen molar-refractivity contribution in [2.24, 2.45) is 0 Å². The molecule has 1 aromatic carbocycles. The van der Waals surface area contributed by atoms with Gasteiger partial charge in [-0.05, 0) is 18.6 Å². The summed E-state index contributed by atoms with van der Waals surface area (Å²) in [6.07, 6.45) is 3.20. The molecule has 2 aromatic heterocycles. The summed E-state index contributed by atoms with van der Waals surface area (Å²) in [7, 11) is 0. The van der Waals surface area contributed by atoms with Crippen molar-refractivity contribution in [1.29, 1.82) is 0 Å². The van der Waals surface area contributed by atoms with E-state index in [0.717, 1.165) is 5.52 Å². The lowest BCUT2D eigenvalue weighted by Gasteiger charge is -2.02. The van der Waals surface area contributed by atoms with Gasteiger partial charge in [0.2, 0.25) is 0 Å². The van der Waals surface area contributed by atoms with Crippen molar-refractivity contribution < 1.29 is 8.91 Å². The first-order valence-electron chi connectivity index (χ1n) is 4.94. The van der Waals surface area contributed by atoms with Crippen molar-refractivity contribution in [3.63, 3.8) is 0 Å². The number of rotatable bonds is 1. The van der Waals surface area contributed by atoms with E-state index in [2.05, 4.69) is 4.98 Å². The lowest BCUT2D eigenvalue weighted by atomic mass is 10.1. The maximum Gasteiger partial charge on any atom is 0.179 e. The Morgan fingerprint density at radius 2 is 2.19 bits per heavy atom. The second-order valence-electron chi connectivity index (χ2n) is 3.65. The van der Waals surface area contributed by atoms with Crippen LogP contribution in [0.2, 0.25) is 0 Å². The van der Waals surface area contributed by atoms with Gasteiger partial charge in [-0.15, -0.1) is 0 Å². The number of hydrogen-bond donors (Lipinski definition) is 0. The highest BCUT2D eigenvalue weighted by atomic mass is 19.1. The number of imidazole rings is 1. The third-order valence-corrected chi connectivity index (χ3v) is 2.58. The first kappa shape index (κ1) is 9.15. The fourth-order valence-corrected chi connectivity index (χ4v) is 1.74. The Labute approximate surface area is 91.1 Å². The minimum Gasteiger partial charge on any atom is -0.381 e. The molecule has 0 aliphatic heterocycles. The fraction of sp³-hybridized carbons (Fsp3) is 0.0833. The average molecular weight is 216 g/mol. The van der Waals surface area contributed by atoms with Crippen LogP contribution in [-0.2, 0) is 0 Å². The Bertz CT molecular complexity index is 654. The second kappa shape index (κ2) is 3.20. The first-order chi connectivity index (χ1) is 7.77. The summed E-state index contributed by atoms with van der Waals surface area (Å²) in [5, 5.41) is 0. The Hall–Kier alpha value is -2.10. The van der Waals surface area contributed by atoms with Gasteiger partial charge in [-0.3, -0.25) is 0 Å². The van der Waals surface area contributed by atoms with E-state index < -0.39 is 0 Å². The van der Waals surface area contributed by atoms with E-state index in [1.165, 1.54) is 4.57 Å². The molecule has 0 spiro atoms. The number of halogens is 1. The highest BCUT2D eigenvalue weighted by Crippen LogP contribution is 2.24. The van der Waals surface area contributed by atoms with Crippen molar-refractivity contribution in [1.82, 2.24) is 9.56 Å². The molecule has 80 valence electrons. The molecule has 2 heterocycles. The van der Waals surface area contributed by atoms with Gasteiger partial charge in [0, 0.05) is 6.07 Å². The van der Waals surface area contributed by atoms with Crippen LogP contribution in [0.4, 0.5) is 4.39 Å². The van der Waals surface area contributed by atoms with Crippen molar-refractivity contribution in [2.45, 2.75) is 6.92 Å². The van der Waals surface area contributed by atoms with Crippen molar-refractivity contribution in [2.75, 3.05) is 0 Å². The van der Waals surface area contributed by atoms with Crippen LogP contribution >= 0.6 is 0 Å². The van der Waals surface area contributed by atoms with E-state index in [9.17, 15) is 4.39 Å². The summed E-state index contributed by atoms with van der Waals surface area (Å²) < 4.78 is 20.6. The van der Waals surface area contributed by atoms with E-state index in [-0.39, 0.29) is 5.82 Å². The van der Waals surface area contributed by atoms with Crippen LogP contribution in [0.1, 0.15) is 5.56 Å². The van der Waals surface area contributed by atoms with E-state index in [1.807, 2.05) is 0 Å². The highest BCUT2D eigenvalue weighted by Gasteiger charge is 2.13. The van der Waals surface area contributed by atoms with E-state index in [0.29, 0.717) is 17.0 Å². The first-order valence-corrected chi connectivity index (χ1v) is 4.94. The van der Waals surface area contributed by atoms with Crippen LogP contribution in [0.5, 0.6) is 0 Å². The minimum atomic E-state index is -0.258. The van der Waals surface area contributed by atoms with Crippen molar-refractivity contribution in [3.8, 4) is 11.4 Å². The predicted molar refractivity (Wildman–Crippen MR) is 57.6 cm³/mol. The summed E-state index contributed by atoms with van der Waals surface area (Å²) in [4.78, 5) is 4.16. The fourth-order valence-electron chi connectivity index (χ4n) is 1.74. The smallest absolute Gasteiger partial charge is 0.179 e. The molecule has 3 rings (SSSR count). The van der Waals surface area contributed by atoms with Gasteiger partial charge in [0.25, 0.3) is 0 Å². The molecule has 3 aromatic rings. The van der Waals surface area contributed by atoms with Gasteiger partial charge in [-0.1, -0.05) is 12.1 Å². The Balaban J connectivity index is 2.31. The van der Waals surface area contributed by atoms with Crippen molar-refractivity contribution in [3.05, 3.63) is 48.1 Å². The molecular formula is C12H9FN2O. The van der Waals surface area contributed by atoms with E-state index in [4.69, 9.17) is 4.52 Å². The zero-order valence-electron chi connectivity index (χ0n) is 8.64. The molecule has 16 heavy (non-hydrogen) atoms. The topological polar surface area (TPSA) is 30.4 Å². The molecule has 0 saturated carbocycles. The molecule has 0 saturated heterocycles. The summed E-state index contributed by atoms with van der Waals surface area (Å²) in [6.45, 7) is 1.73. The van der Waals surface area contributed by atoms with E-state index in [1.54, 1.807) is 43.6 Å². The number of aryl methyl sites for hydroxylation is 1. The highest BCUT2D eigenvalue weighted by molar-refractivity contribution is 5.62. The Kier molecular flexibility index (Phi) is 1.83. The van der Waals surface area contributed by atoms with Crippen molar-refractivity contribution >= 4 is 5.52 Å². The SMILES string of the molecule is Cc1cccc(-c2ncc3ccon23)c1F. The van der Waals surface area contributed by atoms with Crippen LogP contribution in [0.15, 0.2) is 41.2 Å². The molecule has 0 aliphatic carbocycles. The Morgan fingerprint density at radius 1 is 1.31 bits per heavy atom. The van der Waals surface area contributed by atoms with Gasteiger partial charge in [-0.25, -0.2) is 9.37 Å². The zero-order valence-corrected chi connectivity index (χ0v) is 8.64. The summed E-state index contributed by atoms with van der Waals surface area (Å²) in [5.74, 6) is 0.229. The molecule has 0 radical (unpaired) electrons. The number of hydrogen-bond acceptors (Lipinski definition) is 2. The molecule has 0 aliphatic rings. The molecule has 0 unspecified atom stereocenters.